The van der Waals surface area contributed by atoms with Gasteiger partial charge in [-0.25, -0.2) is 0 Å². The highest BCUT2D eigenvalue weighted by molar-refractivity contribution is 9.11. The molecule has 0 amide bonds. The molecule has 0 aliphatic carbocycles. The average Bonchev–Trinajstić information content (AvgIpc) is 2.28. The molecule has 1 nitrogen and oxygen atoms in total. The molecule has 0 saturated carbocycles. The van der Waals surface area contributed by atoms with E-state index in [2.05, 4.69) is 41.3 Å². The molecular weight excluding hydrogens is 236 g/mol. The predicted octanol–water partition coefficient (Wildman–Crippen LogP) is 3.55. The Morgan fingerprint density at radius 1 is 1.50 bits per heavy atom. The Morgan fingerprint density at radius 2 is 2.25 bits per heavy atom. The smallest absolute Gasteiger partial charge is 0.137 e. The Bertz CT molecular complexity index is 312. The molecule has 64 valence electrons. The first-order valence-corrected chi connectivity index (χ1v) is 5.40. The van der Waals surface area contributed by atoms with Crippen LogP contribution < -0.4 is 0 Å². The van der Waals surface area contributed by atoms with E-state index < -0.39 is 0 Å². The van der Waals surface area contributed by atoms with E-state index in [0.717, 1.165) is 10.2 Å². The summed E-state index contributed by atoms with van der Waals surface area (Å²) in [7, 11) is 0. The van der Waals surface area contributed by atoms with Crippen LogP contribution in [0.4, 0.5) is 0 Å². The molecule has 0 atom stereocenters. The third-order valence-electron chi connectivity index (χ3n) is 1.96. The molecule has 2 rings (SSSR count). The number of allylic oxidation sites excluding steroid dienone is 3. The standard InChI is InChI=1S/C9H9BrOS/c1-9(2)7-3-6(10)4-11-8(7)5-12-9/h3-5H,1-2H3. The number of thioether (sulfide) groups is 1. The quantitative estimate of drug-likeness (QED) is 0.645. The second-order valence-electron chi connectivity index (χ2n) is 3.29. The molecule has 0 spiro atoms. The van der Waals surface area contributed by atoms with Crippen molar-refractivity contribution >= 4 is 27.7 Å². The van der Waals surface area contributed by atoms with Crippen molar-refractivity contribution in [1.29, 1.82) is 0 Å². The van der Waals surface area contributed by atoms with Crippen LogP contribution in [0.25, 0.3) is 0 Å². The lowest BCUT2D eigenvalue weighted by Gasteiger charge is -2.22. The Labute approximate surface area is 84.7 Å². The van der Waals surface area contributed by atoms with E-state index in [9.17, 15) is 0 Å². The molecule has 0 aromatic carbocycles. The van der Waals surface area contributed by atoms with E-state index in [1.54, 1.807) is 18.0 Å². The molecule has 2 aliphatic rings. The summed E-state index contributed by atoms with van der Waals surface area (Å²) in [4.78, 5) is 0. The summed E-state index contributed by atoms with van der Waals surface area (Å²) in [6, 6.07) is 0. The fourth-order valence-corrected chi connectivity index (χ4v) is 2.45. The molecule has 0 saturated heterocycles. The Kier molecular flexibility index (Phi) is 1.88. The van der Waals surface area contributed by atoms with Crippen molar-refractivity contribution < 1.29 is 4.74 Å². The summed E-state index contributed by atoms with van der Waals surface area (Å²) < 4.78 is 6.57. The Morgan fingerprint density at radius 3 is 3.00 bits per heavy atom. The molecule has 0 radical (unpaired) electrons. The van der Waals surface area contributed by atoms with Gasteiger partial charge in [0.25, 0.3) is 0 Å². The van der Waals surface area contributed by atoms with Crippen LogP contribution in [0.1, 0.15) is 13.8 Å². The van der Waals surface area contributed by atoms with Gasteiger partial charge in [0.1, 0.15) is 12.0 Å². The molecule has 0 aromatic heterocycles. The first-order chi connectivity index (χ1) is 5.59. The lowest BCUT2D eigenvalue weighted by molar-refractivity contribution is 0.353. The summed E-state index contributed by atoms with van der Waals surface area (Å²) in [5.41, 5.74) is 1.27. The topological polar surface area (TPSA) is 9.23 Å². The van der Waals surface area contributed by atoms with Gasteiger partial charge in [-0.05, 0) is 35.9 Å². The Hall–Kier alpha value is -0.150. The molecule has 0 N–H and O–H groups in total. The van der Waals surface area contributed by atoms with Crippen LogP contribution in [0.15, 0.2) is 33.6 Å². The lowest BCUT2D eigenvalue weighted by atomic mass is 10.00. The van der Waals surface area contributed by atoms with Crippen LogP contribution in [-0.4, -0.2) is 4.75 Å². The van der Waals surface area contributed by atoms with Gasteiger partial charge < -0.3 is 4.74 Å². The SMILES string of the molecule is CC1(C)SC=C2OC=C(Br)C=C21. The van der Waals surface area contributed by atoms with Crippen LogP contribution in [0.2, 0.25) is 0 Å². The largest absolute Gasteiger partial charge is 0.463 e. The van der Waals surface area contributed by atoms with Crippen LogP contribution in [0.5, 0.6) is 0 Å². The van der Waals surface area contributed by atoms with Crippen molar-refractivity contribution in [3.8, 4) is 0 Å². The number of ether oxygens (including phenoxy) is 1. The summed E-state index contributed by atoms with van der Waals surface area (Å²) in [5, 5.41) is 2.07. The molecule has 0 bridgehead atoms. The molecular formula is C9H9BrOS. The van der Waals surface area contributed by atoms with Crippen molar-refractivity contribution in [2.24, 2.45) is 0 Å². The van der Waals surface area contributed by atoms with Gasteiger partial charge in [0.2, 0.25) is 0 Å². The summed E-state index contributed by atoms with van der Waals surface area (Å²) in [6.45, 7) is 4.39. The van der Waals surface area contributed by atoms with Crippen molar-refractivity contribution in [3.05, 3.63) is 33.6 Å². The third kappa shape index (κ3) is 1.25. The van der Waals surface area contributed by atoms with Crippen molar-refractivity contribution in [2.75, 3.05) is 0 Å². The highest BCUT2D eigenvalue weighted by atomic mass is 79.9. The van der Waals surface area contributed by atoms with E-state index in [-0.39, 0.29) is 4.75 Å². The minimum Gasteiger partial charge on any atom is -0.463 e. The molecule has 0 unspecified atom stereocenters. The predicted molar refractivity (Wildman–Crippen MR) is 55.9 cm³/mol. The zero-order valence-corrected chi connectivity index (χ0v) is 9.33. The number of halogens is 1. The molecule has 2 heterocycles. The van der Waals surface area contributed by atoms with Crippen LogP contribution in [0, 0.1) is 0 Å². The molecule has 2 aliphatic heterocycles. The second kappa shape index (κ2) is 2.67. The second-order valence-corrected chi connectivity index (χ2v) is 5.70. The maximum Gasteiger partial charge on any atom is 0.137 e. The molecule has 0 aromatic rings. The van der Waals surface area contributed by atoms with Crippen LogP contribution in [0.3, 0.4) is 0 Å². The third-order valence-corrected chi connectivity index (χ3v) is 3.51. The first-order valence-electron chi connectivity index (χ1n) is 3.72. The summed E-state index contributed by atoms with van der Waals surface area (Å²) in [5.74, 6) is 0.994. The highest BCUT2D eigenvalue weighted by Crippen LogP contribution is 2.47. The van der Waals surface area contributed by atoms with E-state index in [1.807, 2.05) is 0 Å². The Balaban J connectivity index is 2.43. The lowest BCUT2D eigenvalue weighted by Crippen LogP contribution is -2.16. The molecule has 0 fully saturated rings. The van der Waals surface area contributed by atoms with Crippen LogP contribution >= 0.6 is 27.7 Å². The van der Waals surface area contributed by atoms with Gasteiger partial charge in [0.15, 0.2) is 0 Å². The first kappa shape index (κ1) is 8.45. The van der Waals surface area contributed by atoms with Crippen molar-refractivity contribution in [1.82, 2.24) is 0 Å². The zero-order chi connectivity index (χ0) is 8.77. The maximum atomic E-state index is 5.41. The van der Waals surface area contributed by atoms with E-state index in [4.69, 9.17) is 4.74 Å². The van der Waals surface area contributed by atoms with E-state index >= 15 is 0 Å². The van der Waals surface area contributed by atoms with Crippen LogP contribution in [-0.2, 0) is 4.74 Å². The zero-order valence-electron chi connectivity index (χ0n) is 6.93. The summed E-state index contributed by atoms with van der Waals surface area (Å²) >= 11 is 5.20. The monoisotopic (exact) mass is 244 g/mol. The van der Waals surface area contributed by atoms with Gasteiger partial charge in [-0.2, -0.15) is 0 Å². The number of rotatable bonds is 0. The number of hydrogen-bond donors (Lipinski definition) is 0. The van der Waals surface area contributed by atoms with Gasteiger partial charge >= 0.3 is 0 Å². The summed E-state index contributed by atoms with van der Waals surface area (Å²) in [6.07, 6.45) is 3.84. The van der Waals surface area contributed by atoms with E-state index in [0.29, 0.717) is 0 Å². The maximum absolute atomic E-state index is 5.41. The average molecular weight is 245 g/mol. The molecule has 3 heteroatoms. The van der Waals surface area contributed by atoms with Gasteiger partial charge in [-0.15, -0.1) is 11.8 Å². The fourth-order valence-electron chi connectivity index (χ4n) is 1.25. The normalized spacial score (nSPS) is 25.1. The van der Waals surface area contributed by atoms with Gasteiger partial charge in [-0.1, -0.05) is 0 Å². The minimum atomic E-state index is 0.155. The van der Waals surface area contributed by atoms with Crippen molar-refractivity contribution in [2.45, 2.75) is 18.6 Å². The fraction of sp³-hybridized carbons (Fsp3) is 0.333. The minimum absolute atomic E-state index is 0.155. The van der Waals surface area contributed by atoms with E-state index in [1.165, 1.54) is 5.57 Å². The molecule has 12 heavy (non-hydrogen) atoms. The van der Waals surface area contributed by atoms with Crippen molar-refractivity contribution in [3.63, 3.8) is 0 Å². The number of fused-ring (bicyclic) bond motifs is 1. The van der Waals surface area contributed by atoms with Gasteiger partial charge in [-0.3, -0.25) is 0 Å². The number of hydrogen-bond acceptors (Lipinski definition) is 2. The highest BCUT2D eigenvalue weighted by Gasteiger charge is 2.34. The van der Waals surface area contributed by atoms with Gasteiger partial charge in [0.05, 0.1) is 4.48 Å². The van der Waals surface area contributed by atoms with Gasteiger partial charge in [0, 0.05) is 15.7 Å².